The SMILES string of the molecule is [2H]N(C(=O)COc1ccc([C@@H]2[C@@H](SCC(O)c3ccc(F)cc3)C(=O)N2c2ccc(F)cc2)cc1)[C@@H](C(=O)N[C@@H](Cc1ccc(O)cc1)C(=O)O)C(C)C. The molecule has 4 aromatic carbocycles. The number of aliphatic hydroxyl groups is 1. The van der Waals surface area contributed by atoms with Gasteiger partial charge in [-0.1, -0.05) is 50.2 Å². The van der Waals surface area contributed by atoms with Crippen molar-refractivity contribution in [3.8, 4) is 11.5 Å². The van der Waals surface area contributed by atoms with Gasteiger partial charge in [0, 0.05) is 17.9 Å². The molecule has 0 bridgehead atoms. The fourth-order valence-electron chi connectivity index (χ4n) is 5.75. The van der Waals surface area contributed by atoms with Crippen LogP contribution in [0.25, 0.3) is 0 Å². The van der Waals surface area contributed by atoms with Gasteiger partial charge >= 0.3 is 5.97 Å². The van der Waals surface area contributed by atoms with Gasteiger partial charge in [0.2, 0.25) is 11.8 Å². The minimum atomic E-state index is -1.36. The molecule has 1 saturated heterocycles. The van der Waals surface area contributed by atoms with Gasteiger partial charge in [0.05, 0.1) is 12.1 Å². The number of nitrogens with zero attached hydrogens (tertiary/aromatic N) is 1. The van der Waals surface area contributed by atoms with E-state index in [4.69, 9.17) is 6.15 Å². The van der Waals surface area contributed by atoms with Crippen LogP contribution >= 0.6 is 11.8 Å². The molecule has 278 valence electrons. The molecular weight excluding hydrogens is 709 g/mol. The van der Waals surface area contributed by atoms with Gasteiger partial charge in [0.1, 0.15) is 40.5 Å². The molecule has 14 heteroatoms. The maximum atomic E-state index is 13.7. The number of hydrogen-bond donors (Lipinski definition) is 5. The Morgan fingerprint density at radius 2 is 1.53 bits per heavy atom. The Labute approximate surface area is 310 Å². The van der Waals surface area contributed by atoms with E-state index in [1.807, 2.05) is 0 Å². The molecule has 1 fully saturated rings. The van der Waals surface area contributed by atoms with Crippen LogP contribution in [-0.2, 0) is 25.6 Å². The highest BCUT2D eigenvalue weighted by atomic mass is 32.2. The Kier molecular flexibility index (Phi) is 12.2. The van der Waals surface area contributed by atoms with Gasteiger partial charge in [0.15, 0.2) is 8.02 Å². The summed E-state index contributed by atoms with van der Waals surface area (Å²) >= 11 is 1.23. The molecule has 1 aliphatic heterocycles. The lowest BCUT2D eigenvalue weighted by Crippen LogP contribution is -2.57. The van der Waals surface area contributed by atoms with Gasteiger partial charge in [-0.05, 0) is 83.3 Å². The highest BCUT2D eigenvalue weighted by Crippen LogP contribution is 2.46. The summed E-state index contributed by atoms with van der Waals surface area (Å²) in [4.78, 5) is 53.2. The van der Waals surface area contributed by atoms with Gasteiger partial charge in [0.25, 0.3) is 5.91 Å². The van der Waals surface area contributed by atoms with E-state index in [2.05, 4.69) is 5.32 Å². The number of amides is 3. The molecule has 5 rings (SSSR count). The molecule has 11 nitrogen and oxygen atoms in total. The van der Waals surface area contributed by atoms with Crippen molar-refractivity contribution >= 4 is 41.1 Å². The lowest BCUT2D eigenvalue weighted by atomic mass is 9.92. The van der Waals surface area contributed by atoms with E-state index >= 15 is 0 Å². The Balaban J connectivity index is 1.23. The molecule has 1 heterocycles. The first-order valence-corrected chi connectivity index (χ1v) is 17.8. The minimum Gasteiger partial charge on any atom is -0.508 e. The number of carboxylic acids is 1. The molecule has 0 saturated carbocycles. The van der Waals surface area contributed by atoms with Crippen molar-refractivity contribution in [1.82, 2.24) is 10.6 Å². The first kappa shape index (κ1) is 37.3. The molecule has 1 aliphatic rings. The zero-order valence-corrected chi connectivity index (χ0v) is 29.6. The third kappa shape index (κ3) is 9.90. The average Bonchev–Trinajstić information content (AvgIpc) is 3.14. The monoisotopic (exact) mass is 748 g/mol. The van der Waals surface area contributed by atoms with Crippen LogP contribution in [0.4, 0.5) is 14.5 Å². The Bertz CT molecular complexity index is 1940. The molecule has 0 aromatic heterocycles. The van der Waals surface area contributed by atoms with Crippen LogP contribution < -0.4 is 20.3 Å². The number of carbonyl (C=O) groups excluding carboxylic acids is 3. The van der Waals surface area contributed by atoms with E-state index in [1.165, 1.54) is 89.5 Å². The summed E-state index contributed by atoms with van der Waals surface area (Å²) in [6.45, 7) is 2.62. The van der Waals surface area contributed by atoms with Crippen molar-refractivity contribution in [3.63, 3.8) is 0 Å². The van der Waals surface area contributed by atoms with Crippen LogP contribution in [-0.4, -0.2) is 68.7 Å². The van der Waals surface area contributed by atoms with Gasteiger partial charge in [-0.25, -0.2) is 13.6 Å². The molecule has 53 heavy (non-hydrogen) atoms. The second-order valence-corrected chi connectivity index (χ2v) is 14.0. The number of carboxylic acid groups (broad SMARTS) is 1. The highest BCUT2D eigenvalue weighted by Gasteiger charge is 2.49. The number of hydrogen-bond acceptors (Lipinski definition) is 8. The number of aliphatic hydroxyl groups excluding tert-OH is 1. The largest absolute Gasteiger partial charge is 0.508 e. The Morgan fingerprint density at radius 1 is 0.925 bits per heavy atom. The van der Waals surface area contributed by atoms with Crippen molar-refractivity contribution in [2.24, 2.45) is 5.92 Å². The van der Waals surface area contributed by atoms with Crippen molar-refractivity contribution < 1.29 is 49.4 Å². The fraction of sp³-hybridized carbons (Fsp3) is 0.282. The molecule has 3 amide bonds. The number of anilines is 1. The summed E-state index contributed by atoms with van der Waals surface area (Å²) in [5.41, 5.74) is 2.20. The van der Waals surface area contributed by atoms with E-state index in [9.17, 15) is 43.3 Å². The maximum Gasteiger partial charge on any atom is 0.326 e. The lowest BCUT2D eigenvalue weighted by Gasteiger charge is -2.47. The second-order valence-electron chi connectivity index (χ2n) is 12.8. The number of halogens is 2. The number of aliphatic carboxylic acids is 1. The van der Waals surface area contributed by atoms with Crippen molar-refractivity contribution in [2.75, 3.05) is 17.3 Å². The summed E-state index contributed by atoms with van der Waals surface area (Å²) < 4.78 is 41.2. The number of nitrogens with one attached hydrogen (secondary N) is 2. The topological polar surface area (TPSA) is 165 Å². The normalized spacial score (nSPS) is 17.3. The number of phenolic OH excluding ortho intramolecular Hbond substituents is 1. The van der Waals surface area contributed by atoms with Crippen molar-refractivity contribution in [3.05, 3.63) is 125 Å². The predicted octanol–water partition coefficient (Wildman–Crippen LogP) is 4.93. The number of phenols is 1. The maximum absolute atomic E-state index is 13.7. The van der Waals surface area contributed by atoms with Crippen LogP contribution in [0.15, 0.2) is 97.1 Å². The van der Waals surface area contributed by atoms with Crippen LogP contribution in [0.5, 0.6) is 11.5 Å². The number of β-lactam (4-membered cyclic amide) rings is 1. The van der Waals surface area contributed by atoms with Crippen LogP contribution in [0, 0.1) is 17.6 Å². The predicted molar refractivity (Wildman–Crippen MR) is 194 cm³/mol. The van der Waals surface area contributed by atoms with Gasteiger partial charge < -0.3 is 35.6 Å². The molecular formula is C39H39F2N3O8S. The quantitative estimate of drug-likeness (QED) is 0.100. The van der Waals surface area contributed by atoms with E-state index in [0.29, 0.717) is 27.7 Å². The summed E-state index contributed by atoms with van der Waals surface area (Å²) in [7, 11) is 0. The third-order valence-electron chi connectivity index (χ3n) is 8.60. The zero-order chi connectivity index (χ0) is 39.1. The first-order chi connectivity index (χ1) is 25.7. The molecule has 0 spiro atoms. The Morgan fingerprint density at radius 3 is 2.11 bits per heavy atom. The van der Waals surface area contributed by atoms with Crippen molar-refractivity contribution in [2.45, 2.75) is 49.7 Å². The average molecular weight is 749 g/mol. The smallest absolute Gasteiger partial charge is 0.326 e. The van der Waals surface area contributed by atoms with E-state index in [1.54, 1.807) is 38.1 Å². The molecule has 4 aromatic rings. The number of carbonyl (C=O) groups is 4. The third-order valence-corrected chi connectivity index (χ3v) is 9.92. The zero-order valence-electron chi connectivity index (χ0n) is 29.8. The first-order valence-electron chi connectivity index (χ1n) is 17.2. The summed E-state index contributed by atoms with van der Waals surface area (Å²) in [6, 6.07) is 20.1. The van der Waals surface area contributed by atoms with Gasteiger partial charge in [-0.3, -0.25) is 14.4 Å². The highest BCUT2D eigenvalue weighted by molar-refractivity contribution is 8.00. The van der Waals surface area contributed by atoms with Crippen LogP contribution in [0.3, 0.4) is 0 Å². The van der Waals surface area contributed by atoms with Gasteiger partial charge in [-0.15, -0.1) is 11.8 Å². The number of aromatic hydroxyl groups is 1. The molecule has 0 aliphatic carbocycles. The molecule has 0 radical (unpaired) electrons. The molecule has 1 unspecified atom stereocenters. The standard InChI is InChI=1S/C39H39F2N3O8S/c1-22(2)34(37(48)42-31(39(50)51)19-23-3-15-29(45)16-4-23)43-33(47)20-52-30-17-7-25(8-18-30)35-36(38(49)44(35)28-13-11-27(41)12-14-28)53-21-32(46)24-5-9-26(40)10-6-24/h3-18,22,31-32,34-36,45-46H,19-21H2,1-2H3,(H,42,48)(H,43,47)(H,50,51)/t31-,32?,34+,35+,36+/m0/s1/i/hD. The van der Waals surface area contributed by atoms with Crippen molar-refractivity contribution in [1.29, 1.82) is 0 Å². The second kappa shape index (κ2) is 17.4. The number of benzene rings is 4. The van der Waals surface area contributed by atoms with Gasteiger partial charge in [-0.2, -0.15) is 0 Å². The van der Waals surface area contributed by atoms with E-state index in [0.717, 1.165) is 0 Å². The molecule has 5 atom stereocenters. The Hall–Kier alpha value is -5.47. The van der Waals surface area contributed by atoms with Crippen LogP contribution in [0.1, 0.15) is 42.7 Å². The van der Waals surface area contributed by atoms with Crippen LogP contribution in [0.2, 0.25) is 1.41 Å². The summed E-state index contributed by atoms with van der Waals surface area (Å²) in [5, 5.41) is 32.2. The lowest BCUT2D eigenvalue weighted by molar-refractivity contribution is -0.142. The summed E-state index contributed by atoms with van der Waals surface area (Å²) in [6.07, 6.45) is -1.05. The minimum absolute atomic E-state index is 0.0000139. The number of ether oxygens (including phenoxy) is 1. The number of thioether (sulfide) groups is 1. The van der Waals surface area contributed by atoms with E-state index < -0.39 is 71.4 Å². The summed E-state index contributed by atoms with van der Waals surface area (Å²) in [5.74, 6) is -4.32. The molecule has 5 N–H and O–H groups in total. The number of rotatable bonds is 16. The fourth-order valence-corrected chi connectivity index (χ4v) is 7.05. The van der Waals surface area contributed by atoms with E-state index in [-0.39, 0.29) is 29.6 Å².